The zero-order chi connectivity index (χ0) is 26.6. The number of nitrogens with one attached hydrogen (secondary N) is 1. The largest absolute Gasteiger partial charge is 0.444 e. The van der Waals surface area contributed by atoms with E-state index in [9.17, 15) is 4.79 Å². The molecule has 9 nitrogen and oxygen atoms in total. The van der Waals surface area contributed by atoms with Gasteiger partial charge in [0.15, 0.2) is 0 Å². The molecule has 1 N–H and O–H groups in total. The lowest BCUT2D eigenvalue weighted by molar-refractivity contribution is 0.0240. The third-order valence-corrected chi connectivity index (χ3v) is 7.05. The Kier molecular flexibility index (Phi) is 8.42. The summed E-state index contributed by atoms with van der Waals surface area (Å²) >= 11 is 0. The Balaban J connectivity index is 1.39. The van der Waals surface area contributed by atoms with Gasteiger partial charge in [0.05, 0.1) is 12.6 Å². The predicted molar refractivity (Wildman–Crippen MR) is 148 cm³/mol. The molecule has 4 rings (SSSR count). The van der Waals surface area contributed by atoms with Gasteiger partial charge < -0.3 is 29.5 Å². The monoisotopic (exact) mass is 510 g/mol. The van der Waals surface area contributed by atoms with Crippen LogP contribution in [0.1, 0.15) is 53.0 Å². The highest BCUT2D eigenvalue weighted by molar-refractivity contribution is 5.69. The smallest absolute Gasteiger partial charge is 0.410 e. The Bertz CT molecular complexity index is 1040. The van der Waals surface area contributed by atoms with E-state index in [0.717, 1.165) is 49.5 Å². The van der Waals surface area contributed by atoms with Crippen molar-refractivity contribution in [2.75, 3.05) is 55.0 Å². The Morgan fingerprint density at radius 2 is 1.78 bits per heavy atom. The lowest BCUT2D eigenvalue weighted by atomic mass is 10.1. The number of hydrogen-bond acceptors (Lipinski definition) is 8. The van der Waals surface area contributed by atoms with E-state index in [0.29, 0.717) is 37.7 Å². The molecule has 0 saturated carbocycles. The van der Waals surface area contributed by atoms with Gasteiger partial charge in [-0.1, -0.05) is 13.8 Å². The molecule has 3 heterocycles. The van der Waals surface area contributed by atoms with Crippen molar-refractivity contribution >= 4 is 29.2 Å². The Morgan fingerprint density at radius 3 is 2.38 bits per heavy atom. The number of amides is 1. The average Bonchev–Trinajstić information content (AvgIpc) is 3.22. The van der Waals surface area contributed by atoms with E-state index in [2.05, 4.69) is 58.2 Å². The third-order valence-electron chi connectivity index (χ3n) is 7.05. The minimum absolute atomic E-state index is 0.239. The van der Waals surface area contributed by atoms with Gasteiger partial charge in [-0.3, -0.25) is 0 Å². The van der Waals surface area contributed by atoms with E-state index in [1.165, 1.54) is 5.56 Å². The van der Waals surface area contributed by atoms with Crippen LogP contribution >= 0.6 is 0 Å². The van der Waals surface area contributed by atoms with Crippen LogP contribution in [0.15, 0.2) is 30.5 Å². The number of aromatic nitrogens is 2. The van der Waals surface area contributed by atoms with Gasteiger partial charge in [-0.25, -0.2) is 9.78 Å². The minimum Gasteiger partial charge on any atom is -0.444 e. The number of nitrogens with zero attached hydrogens (tertiary/aromatic N) is 5. The van der Waals surface area contributed by atoms with Crippen LogP contribution in [-0.4, -0.2) is 78.5 Å². The van der Waals surface area contributed by atoms with Crippen molar-refractivity contribution in [1.29, 1.82) is 0 Å². The summed E-state index contributed by atoms with van der Waals surface area (Å²) in [6.45, 7) is 13.7. The van der Waals surface area contributed by atoms with Crippen molar-refractivity contribution in [2.45, 2.75) is 71.6 Å². The van der Waals surface area contributed by atoms with Gasteiger partial charge in [0.25, 0.3) is 0 Å². The van der Waals surface area contributed by atoms with Crippen LogP contribution in [-0.2, 0) is 15.9 Å². The summed E-state index contributed by atoms with van der Waals surface area (Å²) in [6, 6.07) is 9.04. The second-order valence-corrected chi connectivity index (χ2v) is 10.9. The highest BCUT2D eigenvalue weighted by atomic mass is 16.6. The van der Waals surface area contributed by atoms with Crippen molar-refractivity contribution in [3.63, 3.8) is 0 Å². The second kappa shape index (κ2) is 11.5. The van der Waals surface area contributed by atoms with E-state index >= 15 is 0 Å². The Morgan fingerprint density at radius 1 is 1.11 bits per heavy atom. The summed E-state index contributed by atoms with van der Waals surface area (Å²) in [7, 11) is 1.76. The molecule has 37 heavy (non-hydrogen) atoms. The second-order valence-electron chi connectivity index (χ2n) is 10.9. The third kappa shape index (κ3) is 6.44. The number of methoxy groups -OCH3 is 1. The number of rotatable bonds is 8. The zero-order valence-electron chi connectivity index (χ0n) is 23.2. The fraction of sp³-hybridized carbons (Fsp3) is 0.607. The van der Waals surface area contributed by atoms with Crippen LogP contribution in [0.25, 0.3) is 0 Å². The molecule has 1 saturated heterocycles. The van der Waals surface area contributed by atoms with Crippen molar-refractivity contribution in [1.82, 2.24) is 14.9 Å². The van der Waals surface area contributed by atoms with Crippen molar-refractivity contribution in [3.8, 4) is 0 Å². The first-order chi connectivity index (χ1) is 17.7. The van der Waals surface area contributed by atoms with Crippen molar-refractivity contribution < 1.29 is 14.3 Å². The van der Waals surface area contributed by atoms with Gasteiger partial charge in [-0.05, 0) is 57.9 Å². The molecule has 1 aromatic carbocycles. The molecule has 1 unspecified atom stereocenters. The fourth-order valence-electron chi connectivity index (χ4n) is 5.19. The van der Waals surface area contributed by atoms with Gasteiger partial charge in [0, 0.05) is 68.9 Å². The molecule has 1 aromatic heterocycles. The molecule has 202 valence electrons. The van der Waals surface area contributed by atoms with Crippen molar-refractivity contribution in [3.05, 3.63) is 36.0 Å². The summed E-state index contributed by atoms with van der Waals surface area (Å²) in [5, 5.41) is 3.38. The molecule has 2 aliphatic rings. The fourth-order valence-corrected chi connectivity index (χ4v) is 5.19. The van der Waals surface area contributed by atoms with Gasteiger partial charge in [-0.15, -0.1) is 0 Å². The molecule has 1 atom stereocenters. The SMILES string of the molecule is CCC(CC)N1c2nc(Nc3ccc(N4CCN(C(=O)OC(C)(C)C)CC4)cc3)ncc2CC1COC. The molecular formula is C28H42N6O3. The minimum atomic E-state index is -0.475. The molecule has 0 radical (unpaired) electrons. The normalized spacial score (nSPS) is 17.8. The predicted octanol–water partition coefficient (Wildman–Crippen LogP) is 4.84. The number of carbonyl (C=O) groups excluding carboxylic acids is 1. The first-order valence-electron chi connectivity index (χ1n) is 13.5. The number of fused-ring (bicyclic) bond motifs is 1. The van der Waals surface area contributed by atoms with E-state index in [1.807, 2.05) is 27.0 Å². The summed E-state index contributed by atoms with van der Waals surface area (Å²) in [5.74, 6) is 1.62. The van der Waals surface area contributed by atoms with Gasteiger partial charge in [0.1, 0.15) is 11.4 Å². The summed E-state index contributed by atoms with van der Waals surface area (Å²) in [5.41, 5.74) is 2.78. The van der Waals surface area contributed by atoms with Crippen LogP contribution < -0.4 is 15.1 Å². The highest BCUT2D eigenvalue weighted by Gasteiger charge is 2.35. The maximum absolute atomic E-state index is 12.3. The number of benzene rings is 1. The molecule has 1 fully saturated rings. The topological polar surface area (TPSA) is 83.1 Å². The molecule has 0 bridgehead atoms. The quantitative estimate of drug-likeness (QED) is 0.540. The Labute approximate surface area is 221 Å². The number of anilines is 4. The van der Waals surface area contributed by atoms with E-state index < -0.39 is 5.60 Å². The van der Waals surface area contributed by atoms with Gasteiger partial charge in [0.2, 0.25) is 5.95 Å². The van der Waals surface area contributed by atoms with E-state index in [4.69, 9.17) is 14.5 Å². The maximum Gasteiger partial charge on any atom is 0.410 e. The summed E-state index contributed by atoms with van der Waals surface area (Å²) in [4.78, 5) is 28.4. The molecule has 1 amide bonds. The summed E-state index contributed by atoms with van der Waals surface area (Å²) < 4.78 is 11.0. The zero-order valence-corrected chi connectivity index (χ0v) is 23.2. The van der Waals surface area contributed by atoms with E-state index in [-0.39, 0.29) is 6.09 Å². The first kappa shape index (κ1) is 27.0. The van der Waals surface area contributed by atoms with Gasteiger partial charge in [-0.2, -0.15) is 4.98 Å². The van der Waals surface area contributed by atoms with Crippen LogP contribution in [0.3, 0.4) is 0 Å². The van der Waals surface area contributed by atoms with Crippen LogP contribution in [0.5, 0.6) is 0 Å². The molecule has 0 aliphatic carbocycles. The maximum atomic E-state index is 12.3. The molecule has 2 aliphatic heterocycles. The number of hydrogen-bond donors (Lipinski definition) is 1. The standard InChI is InChI=1S/C28H42N6O3/c1-7-22(8-2)34-24(19-36-6)17-20-18-29-26(31-25(20)34)30-21-9-11-23(12-10-21)32-13-15-33(16-14-32)27(35)37-28(3,4)5/h9-12,18,22,24H,7-8,13-17,19H2,1-6H3,(H,29,30,31). The summed E-state index contributed by atoms with van der Waals surface area (Å²) in [6.07, 6.45) is 4.76. The average molecular weight is 511 g/mol. The van der Waals surface area contributed by atoms with E-state index in [1.54, 1.807) is 12.0 Å². The van der Waals surface area contributed by atoms with Crippen LogP contribution in [0, 0.1) is 0 Å². The lowest BCUT2D eigenvalue weighted by Crippen LogP contribution is -2.50. The lowest BCUT2D eigenvalue weighted by Gasteiger charge is -2.36. The molecule has 2 aromatic rings. The van der Waals surface area contributed by atoms with Gasteiger partial charge >= 0.3 is 6.09 Å². The Hall–Kier alpha value is -3.07. The number of carbonyl (C=O) groups is 1. The first-order valence-corrected chi connectivity index (χ1v) is 13.5. The van der Waals surface area contributed by atoms with Crippen LogP contribution in [0.2, 0.25) is 0 Å². The molecular weight excluding hydrogens is 468 g/mol. The molecule has 0 spiro atoms. The number of ether oxygens (including phenoxy) is 2. The number of piperazine rings is 1. The molecule has 9 heteroatoms. The van der Waals surface area contributed by atoms with Crippen LogP contribution in [0.4, 0.5) is 27.9 Å². The highest BCUT2D eigenvalue weighted by Crippen LogP contribution is 2.35. The van der Waals surface area contributed by atoms with Crippen molar-refractivity contribution in [2.24, 2.45) is 0 Å².